The van der Waals surface area contributed by atoms with Gasteiger partial charge in [0.25, 0.3) is 0 Å². The third-order valence-electron chi connectivity index (χ3n) is 8.53. The molecule has 1 heteroatoms. The summed E-state index contributed by atoms with van der Waals surface area (Å²) in [4.78, 5) is 0. The summed E-state index contributed by atoms with van der Waals surface area (Å²) in [5.74, 6) is 0. The summed E-state index contributed by atoms with van der Waals surface area (Å²) in [6.07, 6.45) is 0. The molecular formula is C46H28O. The molecule has 218 valence electrons. The minimum atomic E-state index is -0.585. The number of hydrogen-bond acceptors (Lipinski definition) is 1. The Kier molecular flexibility index (Phi) is 3.23. The molecule has 0 fully saturated rings. The number of hydrogen-bond donors (Lipinski definition) is 0. The van der Waals surface area contributed by atoms with Gasteiger partial charge in [-0.1, -0.05) is 139 Å². The second-order valence-electron chi connectivity index (χ2n) is 11.2. The molecule has 0 aliphatic carbocycles. The number of furan rings is 1. The number of fused-ring (bicyclic) bond motifs is 7. The zero-order valence-corrected chi connectivity index (χ0v) is 24.3. The SMILES string of the molecule is [2H]c1c(-c2c3ccccc3c(-c3ccc(-c4c([2H])c([2H])c5c([2H])c([2H])c([2H])c([2H])c5c4[2H])cc3)c3ccccc23)c([2H])c2c(oc3c([2H])c4c([2H])c([2H])c([2H])c([2H])c4c([2H])c32)c1[2H]. The van der Waals surface area contributed by atoms with Gasteiger partial charge in [0.15, 0.2) is 0 Å². The van der Waals surface area contributed by atoms with Gasteiger partial charge in [0.05, 0.1) is 21.9 Å². The first kappa shape index (κ1) is 14.9. The molecule has 0 bridgehead atoms. The molecule has 0 aliphatic heterocycles. The molecule has 10 aromatic rings. The monoisotopic (exact) mass is 612 g/mol. The first-order valence-corrected chi connectivity index (χ1v) is 14.9. The molecule has 0 N–H and O–H groups in total. The maximum Gasteiger partial charge on any atom is 0.136 e. The van der Waals surface area contributed by atoms with Crippen LogP contribution in [-0.4, -0.2) is 0 Å². The van der Waals surface area contributed by atoms with Crippen molar-refractivity contribution in [2.75, 3.05) is 0 Å². The first-order chi connectivity index (χ1) is 30.0. The van der Waals surface area contributed by atoms with E-state index in [0.717, 1.165) is 5.56 Å². The van der Waals surface area contributed by atoms with Crippen LogP contribution in [-0.2, 0) is 0 Å². The number of rotatable bonds is 3. The van der Waals surface area contributed by atoms with Gasteiger partial charge in [-0.25, -0.2) is 0 Å². The fourth-order valence-electron chi connectivity index (χ4n) is 6.42. The van der Waals surface area contributed by atoms with Crippen molar-refractivity contribution >= 4 is 65.0 Å². The topological polar surface area (TPSA) is 13.1 Å². The van der Waals surface area contributed by atoms with Gasteiger partial charge < -0.3 is 4.42 Å². The first-order valence-electron chi connectivity index (χ1n) is 22.9. The Morgan fingerprint density at radius 1 is 0.340 bits per heavy atom. The van der Waals surface area contributed by atoms with E-state index in [1.165, 1.54) is 0 Å². The number of benzene rings is 9. The third kappa shape index (κ3) is 4.10. The maximum atomic E-state index is 9.74. The van der Waals surface area contributed by atoms with Crippen LogP contribution in [0, 0.1) is 0 Å². The van der Waals surface area contributed by atoms with E-state index in [1.807, 2.05) is 36.4 Å². The lowest BCUT2D eigenvalue weighted by molar-refractivity contribution is 0.669. The van der Waals surface area contributed by atoms with Gasteiger partial charge in [-0.15, -0.1) is 0 Å². The second-order valence-corrected chi connectivity index (χ2v) is 11.2. The predicted molar refractivity (Wildman–Crippen MR) is 200 cm³/mol. The van der Waals surface area contributed by atoms with E-state index in [2.05, 4.69) is 0 Å². The van der Waals surface area contributed by atoms with E-state index in [0.29, 0.717) is 38.2 Å². The quantitative estimate of drug-likeness (QED) is 0.181. The smallest absolute Gasteiger partial charge is 0.136 e. The van der Waals surface area contributed by atoms with Crippen LogP contribution in [0.25, 0.3) is 98.4 Å². The van der Waals surface area contributed by atoms with Crippen LogP contribution < -0.4 is 0 Å². The van der Waals surface area contributed by atoms with Crippen molar-refractivity contribution in [3.05, 3.63) is 169 Å². The predicted octanol–water partition coefficient (Wildman–Crippen LogP) is 13.2. The van der Waals surface area contributed by atoms with Crippen molar-refractivity contribution in [3.8, 4) is 33.4 Å². The molecule has 10 rings (SSSR count). The van der Waals surface area contributed by atoms with E-state index < -0.39 is 72.5 Å². The van der Waals surface area contributed by atoms with Gasteiger partial charge in [0.1, 0.15) is 11.2 Å². The third-order valence-corrected chi connectivity index (χ3v) is 8.53. The van der Waals surface area contributed by atoms with Crippen molar-refractivity contribution in [2.24, 2.45) is 0 Å². The fourth-order valence-corrected chi connectivity index (χ4v) is 6.42. The molecule has 0 amide bonds. The Morgan fingerprint density at radius 2 is 0.851 bits per heavy atom. The molecule has 0 spiro atoms. The highest BCUT2D eigenvalue weighted by Crippen LogP contribution is 2.45. The lowest BCUT2D eigenvalue weighted by Gasteiger charge is -2.18. The maximum absolute atomic E-state index is 9.74. The van der Waals surface area contributed by atoms with E-state index in [9.17, 15) is 5.48 Å². The summed E-state index contributed by atoms with van der Waals surface area (Å²) in [6, 6.07) is 14.5. The molecule has 1 aromatic heterocycles. The van der Waals surface area contributed by atoms with Crippen LogP contribution in [0.3, 0.4) is 0 Å². The van der Waals surface area contributed by atoms with Gasteiger partial charge in [0, 0.05) is 10.8 Å². The van der Waals surface area contributed by atoms with Gasteiger partial charge in [-0.3, -0.25) is 0 Å². The molecular weight excluding hydrogens is 569 g/mol. The molecule has 1 nitrogen and oxygen atoms in total. The highest BCUT2D eigenvalue weighted by Gasteiger charge is 2.18. The molecule has 47 heavy (non-hydrogen) atoms. The van der Waals surface area contributed by atoms with Crippen LogP contribution in [0.1, 0.15) is 21.9 Å². The Bertz CT molecular complexity index is 3690. The minimum Gasteiger partial charge on any atom is -0.456 e. The van der Waals surface area contributed by atoms with Crippen LogP contribution >= 0.6 is 0 Å². The van der Waals surface area contributed by atoms with Gasteiger partial charge in [-0.2, -0.15) is 0 Å². The van der Waals surface area contributed by atoms with Crippen LogP contribution in [0.4, 0.5) is 0 Å². The highest BCUT2D eigenvalue weighted by atomic mass is 16.3. The Morgan fingerprint density at radius 3 is 1.51 bits per heavy atom. The van der Waals surface area contributed by atoms with E-state index in [1.54, 1.807) is 36.4 Å². The van der Waals surface area contributed by atoms with Gasteiger partial charge in [0.2, 0.25) is 0 Å². The highest BCUT2D eigenvalue weighted by molar-refractivity contribution is 6.22. The molecule has 0 atom stereocenters. The average Bonchev–Trinajstić information content (AvgIpc) is 3.70. The lowest BCUT2D eigenvalue weighted by atomic mass is 9.85. The molecule has 1 heterocycles. The summed E-state index contributed by atoms with van der Waals surface area (Å²) >= 11 is 0. The van der Waals surface area contributed by atoms with Crippen LogP contribution in [0.2, 0.25) is 0 Å². The molecule has 0 aliphatic rings. The standard InChI is InChI=1S/C46H28O/c1-2-10-32-25-35(22-19-29(32)9-1)30-17-20-31(21-18-30)45-37-13-5-7-15-39(37)46(40-16-8-6-14-38(40)45)36-23-24-43-41(27-36)42-26-33-11-3-4-12-34(33)28-44(42)47-43/h1-28H/i1D,2D,3D,4D,9D,10D,11D,12D,19D,22D,23D,24D,25D,26D,27D,28D. The van der Waals surface area contributed by atoms with Gasteiger partial charge in [-0.05, 0) is 107 Å². The summed E-state index contributed by atoms with van der Waals surface area (Å²) < 4.78 is 146. The van der Waals surface area contributed by atoms with Crippen molar-refractivity contribution in [1.82, 2.24) is 0 Å². The van der Waals surface area contributed by atoms with Crippen molar-refractivity contribution < 1.29 is 26.3 Å². The van der Waals surface area contributed by atoms with E-state index in [-0.39, 0.29) is 78.8 Å². The fraction of sp³-hybridized carbons (Fsp3) is 0. The van der Waals surface area contributed by atoms with E-state index in [4.69, 9.17) is 20.9 Å². The molecule has 0 saturated heterocycles. The van der Waals surface area contributed by atoms with Crippen LogP contribution in [0.15, 0.2) is 174 Å². The summed E-state index contributed by atoms with van der Waals surface area (Å²) in [5.41, 5.74) is 1.93. The van der Waals surface area contributed by atoms with Crippen molar-refractivity contribution in [3.63, 3.8) is 0 Å². The largest absolute Gasteiger partial charge is 0.456 e. The van der Waals surface area contributed by atoms with Crippen molar-refractivity contribution in [1.29, 1.82) is 0 Å². The van der Waals surface area contributed by atoms with Crippen LogP contribution in [0.5, 0.6) is 0 Å². The minimum absolute atomic E-state index is 0.0372. The lowest BCUT2D eigenvalue weighted by Crippen LogP contribution is -1.91. The Balaban J connectivity index is 1.23. The Labute approximate surface area is 294 Å². The summed E-state index contributed by atoms with van der Waals surface area (Å²) in [5, 5.41) is 1.74. The second kappa shape index (κ2) is 10.2. The van der Waals surface area contributed by atoms with Crippen molar-refractivity contribution in [2.45, 2.75) is 0 Å². The van der Waals surface area contributed by atoms with E-state index >= 15 is 0 Å². The average molecular weight is 613 g/mol. The van der Waals surface area contributed by atoms with Gasteiger partial charge >= 0.3 is 0 Å². The Hall–Kier alpha value is -6.18. The molecule has 0 saturated carbocycles. The molecule has 0 unspecified atom stereocenters. The summed E-state index contributed by atoms with van der Waals surface area (Å²) in [7, 11) is 0. The zero-order chi connectivity index (χ0) is 44.8. The summed E-state index contributed by atoms with van der Waals surface area (Å²) in [6.45, 7) is 0. The molecule has 9 aromatic carbocycles. The molecule has 0 radical (unpaired) electrons. The zero-order valence-electron chi connectivity index (χ0n) is 40.3. The normalized spacial score (nSPS) is 16.6.